The van der Waals surface area contributed by atoms with Crippen molar-refractivity contribution in [2.75, 3.05) is 5.75 Å². The number of aromatic amines is 1. The van der Waals surface area contributed by atoms with E-state index in [0.717, 1.165) is 24.1 Å². The van der Waals surface area contributed by atoms with Crippen molar-refractivity contribution in [3.63, 3.8) is 0 Å². The lowest BCUT2D eigenvalue weighted by Crippen LogP contribution is -2.24. The zero-order valence-electron chi connectivity index (χ0n) is 12.8. The average Bonchev–Trinajstić information content (AvgIpc) is 2.51. The average molecular weight is 352 g/mol. The van der Waals surface area contributed by atoms with Gasteiger partial charge in [-0.3, -0.25) is 9.59 Å². The van der Waals surface area contributed by atoms with Gasteiger partial charge in [0, 0.05) is 23.3 Å². The minimum absolute atomic E-state index is 0.126. The normalized spacial score (nSPS) is 10.5. The summed E-state index contributed by atoms with van der Waals surface area (Å²) in [4.78, 5) is 30.4. The van der Waals surface area contributed by atoms with Crippen molar-refractivity contribution in [2.24, 2.45) is 0 Å². The summed E-state index contributed by atoms with van der Waals surface area (Å²) in [6, 6.07) is 8.82. The molecule has 0 aliphatic heterocycles. The SMILES string of the molecule is CCCc1cc(=O)[nH]c(SCC(=O)NCc2cccc(Cl)c2)n1. The third-order valence-corrected chi connectivity index (χ3v) is 4.11. The minimum Gasteiger partial charge on any atom is -0.351 e. The summed E-state index contributed by atoms with van der Waals surface area (Å²) in [6.07, 6.45) is 1.67. The smallest absolute Gasteiger partial charge is 0.251 e. The topological polar surface area (TPSA) is 74.8 Å². The van der Waals surface area contributed by atoms with Crippen LogP contribution in [0.2, 0.25) is 5.02 Å². The Morgan fingerprint density at radius 3 is 2.96 bits per heavy atom. The van der Waals surface area contributed by atoms with Crippen molar-refractivity contribution < 1.29 is 4.79 Å². The Morgan fingerprint density at radius 1 is 1.39 bits per heavy atom. The van der Waals surface area contributed by atoms with Gasteiger partial charge < -0.3 is 10.3 Å². The molecule has 0 fully saturated rings. The molecule has 7 heteroatoms. The van der Waals surface area contributed by atoms with Crippen LogP contribution in [0.25, 0.3) is 0 Å². The van der Waals surface area contributed by atoms with Crippen molar-refractivity contribution in [3.05, 3.63) is 57.0 Å². The van der Waals surface area contributed by atoms with Gasteiger partial charge in [-0.2, -0.15) is 0 Å². The molecule has 0 radical (unpaired) electrons. The number of rotatable bonds is 7. The van der Waals surface area contributed by atoms with Gasteiger partial charge in [0.2, 0.25) is 5.91 Å². The number of carbonyl (C=O) groups is 1. The van der Waals surface area contributed by atoms with E-state index in [1.807, 2.05) is 25.1 Å². The molecule has 0 aliphatic carbocycles. The van der Waals surface area contributed by atoms with Gasteiger partial charge in [-0.05, 0) is 24.1 Å². The molecule has 0 saturated carbocycles. The molecule has 0 saturated heterocycles. The Morgan fingerprint density at radius 2 is 2.22 bits per heavy atom. The highest BCUT2D eigenvalue weighted by molar-refractivity contribution is 7.99. The van der Waals surface area contributed by atoms with Gasteiger partial charge in [-0.25, -0.2) is 4.98 Å². The van der Waals surface area contributed by atoms with Crippen LogP contribution >= 0.6 is 23.4 Å². The maximum absolute atomic E-state index is 11.9. The fraction of sp³-hybridized carbons (Fsp3) is 0.312. The summed E-state index contributed by atoms with van der Waals surface area (Å²) in [5.41, 5.74) is 1.50. The summed E-state index contributed by atoms with van der Waals surface area (Å²) in [7, 11) is 0. The Labute approximate surface area is 143 Å². The first-order chi connectivity index (χ1) is 11.1. The fourth-order valence-electron chi connectivity index (χ4n) is 1.97. The Hall–Kier alpha value is -1.79. The van der Waals surface area contributed by atoms with E-state index in [4.69, 9.17) is 11.6 Å². The third-order valence-electron chi connectivity index (χ3n) is 3.00. The number of halogens is 1. The highest BCUT2D eigenvalue weighted by Gasteiger charge is 2.06. The maximum Gasteiger partial charge on any atom is 0.251 e. The molecule has 0 unspecified atom stereocenters. The van der Waals surface area contributed by atoms with Gasteiger partial charge in [0.25, 0.3) is 5.56 Å². The fourth-order valence-corrected chi connectivity index (χ4v) is 2.91. The second kappa shape index (κ2) is 8.74. The molecule has 23 heavy (non-hydrogen) atoms. The number of carbonyl (C=O) groups excluding carboxylic acids is 1. The molecule has 1 heterocycles. The summed E-state index contributed by atoms with van der Waals surface area (Å²) in [5.74, 6) is 0.0672. The lowest BCUT2D eigenvalue weighted by Gasteiger charge is -2.06. The molecule has 1 aromatic carbocycles. The number of H-pyrrole nitrogens is 1. The molecule has 2 rings (SSSR count). The largest absolute Gasteiger partial charge is 0.351 e. The lowest BCUT2D eigenvalue weighted by molar-refractivity contribution is -0.118. The minimum atomic E-state index is -0.190. The zero-order valence-corrected chi connectivity index (χ0v) is 14.3. The number of aryl methyl sites for hydroxylation is 1. The van der Waals surface area contributed by atoms with Crippen LogP contribution < -0.4 is 10.9 Å². The quantitative estimate of drug-likeness (QED) is 0.594. The van der Waals surface area contributed by atoms with E-state index in [1.54, 1.807) is 6.07 Å². The van der Waals surface area contributed by atoms with Crippen LogP contribution in [0.5, 0.6) is 0 Å². The van der Waals surface area contributed by atoms with E-state index in [2.05, 4.69) is 15.3 Å². The molecule has 0 spiro atoms. The highest BCUT2D eigenvalue weighted by atomic mass is 35.5. The van der Waals surface area contributed by atoms with E-state index in [1.165, 1.54) is 17.8 Å². The van der Waals surface area contributed by atoms with Crippen LogP contribution in [0.4, 0.5) is 0 Å². The van der Waals surface area contributed by atoms with E-state index >= 15 is 0 Å². The van der Waals surface area contributed by atoms with Crippen molar-refractivity contribution in [1.82, 2.24) is 15.3 Å². The number of hydrogen-bond donors (Lipinski definition) is 2. The van der Waals surface area contributed by atoms with Crippen molar-refractivity contribution in [3.8, 4) is 0 Å². The number of nitrogens with zero attached hydrogens (tertiary/aromatic N) is 1. The first-order valence-electron chi connectivity index (χ1n) is 7.31. The van der Waals surface area contributed by atoms with Crippen molar-refractivity contribution in [2.45, 2.75) is 31.5 Å². The lowest BCUT2D eigenvalue weighted by atomic mass is 10.2. The predicted molar refractivity (Wildman–Crippen MR) is 92.9 cm³/mol. The molecule has 5 nitrogen and oxygen atoms in total. The van der Waals surface area contributed by atoms with Crippen LogP contribution in [0.3, 0.4) is 0 Å². The van der Waals surface area contributed by atoms with E-state index in [0.29, 0.717) is 16.7 Å². The Bertz CT molecular complexity index is 733. The molecule has 122 valence electrons. The molecule has 0 aliphatic rings. The van der Waals surface area contributed by atoms with E-state index in [9.17, 15) is 9.59 Å². The van der Waals surface area contributed by atoms with Gasteiger partial charge in [0.1, 0.15) is 0 Å². The Balaban J connectivity index is 1.85. The van der Waals surface area contributed by atoms with Crippen LogP contribution in [-0.4, -0.2) is 21.6 Å². The zero-order chi connectivity index (χ0) is 16.7. The van der Waals surface area contributed by atoms with Gasteiger partial charge in [0.15, 0.2) is 5.16 Å². The summed E-state index contributed by atoms with van der Waals surface area (Å²) in [5, 5.41) is 3.92. The van der Waals surface area contributed by atoms with Gasteiger partial charge in [-0.1, -0.05) is 48.8 Å². The van der Waals surface area contributed by atoms with Gasteiger partial charge in [-0.15, -0.1) is 0 Å². The number of benzene rings is 1. The van der Waals surface area contributed by atoms with E-state index < -0.39 is 0 Å². The summed E-state index contributed by atoms with van der Waals surface area (Å²) >= 11 is 7.11. The number of aromatic nitrogens is 2. The number of thioether (sulfide) groups is 1. The summed E-state index contributed by atoms with van der Waals surface area (Å²) < 4.78 is 0. The summed E-state index contributed by atoms with van der Waals surface area (Å²) in [6.45, 7) is 2.44. The second-order valence-corrected chi connectivity index (χ2v) is 6.39. The monoisotopic (exact) mass is 351 g/mol. The van der Waals surface area contributed by atoms with Gasteiger partial charge >= 0.3 is 0 Å². The van der Waals surface area contributed by atoms with Crippen molar-refractivity contribution >= 4 is 29.3 Å². The Kier molecular flexibility index (Phi) is 6.67. The molecular weight excluding hydrogens is 334 g/mol. The van der Waals surface area contributed by atoms with Crippen LogP contribution in [0.15, 0.2) is 40.3 Å². The maximum atomic E-state index is 11.9. The first kappa shape index (κ1) is 17.6. The predicted octanol–water partition coefficient (Wildman–Crippen LogP) is 2.78. The number of nitrogens with one attached hydrogen (secondary N) is 2. The van der Waals surface area contributed by atoms with Gasteiger partial charge in [0.05, 0.1) is 5.75 Å². The first-order valence-corrected chi connectivity index (χ1v) is 8.67. The molecule has 1 aromatic heterocycles. The standard InChI is InChI=1S/C16H18ClN3O2S/c1-2-4-13-8-14(21)20-16(19-13)23-10-15(22)18-9-11-5-3-6-12(17)7-11/h3,5-8H,2,4,9-10H2,1H3,(H,18,22)(H,19,20,21). The molecule has 0 atom stereocenters. The molecule has 2 N–H and O–H groups in total. The molecular formula is C16H18ClN3O2S. The third kappa shape index (κ3) is 6.08. The van der Waals surface area contributed by atoms with Crippen molar-refractivity contribution in [1.29, 1.82) is 0 Å². The van der Waals surface area contributed by atoms with Crippen LogP contribution in [-0.2, 0) is 17.8 Å². The highest BCUT2D eigenvalue weighted by Crippen LogP contribution is 2.12. The second-order valence-electron chi connectivity index (χ2n) is 4.99. The molecule has 0 bridgehead atoms. The van der Waals surface area contributed by atoms with Crippen LogP contribution in [0.1, 0.15) is 24.6 Å². The molecule has 1 amide bonds. The molecule has 2 aromatic rings. The number of hydrogen-bond acceptors (Lipinski definition) is 4. The van der Waals surface area contributed by atoms with Crippen LogP contribution in [0, 0.1) is 0 Å². The van der Waals surface area contributed by atoms with E-state index in [-0.39, 0.29) is 17.2 Å². The number of amides is 1.